The van der Waals surface area contributed by atoms with Crippen LogP contribution in [0.5, 0.6) is 0 Å². The molecule has 1 atom stereocenters. The Morgan fingerprint density at radius 2 is 2.11 bits per heavy atom. The van der Waals surface area contributed by atoms with E-state index in [4.69, 9.17) is 17.3 Å². The summed E-state index contributed by atoms with van der Waals surface area (Å²) in [4.78, 5) is 10.8. The van der Waals surface area contributed by atoms with Gasteiger partial charge in [0.2, 0.25) is 0 Å². The predicted octanol–water partition coefficient (Wildman–Crippen LogP) is 3.50. The van der Waals surface area contributed by atoms with Gasteiger partial charge in [0, 0.05) is 4.47 Å². The van der Waals surface area contributed by atoms with Crippen LogP contribution in [0.2, 0.25) is 5.02 Å². The van der Waals surface area contributed by atoms with E-state index in [-0.39, 0.29) is 6.54 Å². The van der Waals surface area contributed by atoms with Crippen molar-refractivity contribution in [2.24, 2.45) is 5.29 Å². The van der Waals surface area contributed by atoms with E-state index in [1.807, 2.05) is 20.8 Å². The Kier molecular flexibility index (Phi) is 5.18. The van der Waals surface area contributed by atoms with Gasteiger partial charge in [-0.1, -0.05) is 11.6 Å². The van der Waals surface area contributed by atoms with Crippen LogP contribution in [0.3, 0.4) is 0 Å². The van der Waals surface area contributed by atoms with Crippen LogP contribution in [0.15, 0.2) is 21.9 Å². The van der Waals surface area contributed by atoms with Gasteiger partial charge in [-0.15, -0.1) is 4.91 Å². The number of nitrogens with zero attached hydrogens (tertiary/aromatic N) is 2. The molecule has 3 N–H and O–H groups in total. The van der Waals surface area contributed by atoms with Gasteiger partial charge in [-0.25, -0.2) is 0 Å². The van der Waals surface area contributed by atoms with Crippen LogP contribution in [-0.4, -0.2) is 22.2 Å². The minimum absolute atomic E-state index is 0.0830. The maximum absolute atomic E-state index is 10.8. The summed E-state index contributed by atoms with van der Waals surface area (Å²) < 4.78 is 0.607. The van der Waals surface area contributed by atoms with Gasteiger partial charge in [0.25, 0.3) is 0 Å². The first-order valence-electron chi connectivity index (χ1n) is 5.70. The number of benzene rings is 1. The number of rotatable bonds is 4. The van der Waals surface area contributed by atoms with Crippen molar-refractivity contribution in [1.29, 1.82) is 0 Å². The molecule has 0 aliphatic heterocycles. The number of aliphatic hydroxyl groups excluding tert-OH is 1. The van der Waals surface area contributed by atoms with E-state index in [0.717, 1.165) is 0 Å². The smallest absolute Gasteiger partial charge is 0.0984 e. The van der Waals surface area contributed by atoms with Crippen molar-refractivity contribution in [1.82, 2.24) is 5.01 Å². The number of nitrogen functional groups attached to an aromatic ring is 1. The SMILES string of the molecule is CC(C)(C)N(C[C@H](O)c1cc(Cl)c(N)c(Br)c1)N=O. The number of nitroso groups, excluding NO2 is 1. The average Bonchev–Trinajstić information content (AvgIpc) is 2.30. The first-order chi connectivity index (χ1) is 8.66. The van der Waals surface area contributed by atoms with E-state index >= 15 is 0 Å². The summed E-state index contributed by atoms with van der Waals surface area (Å²) in [5.74, 6) is 0. The number of hydrogen-bond donors (Lipinski definition) is 2. The topological polar surface area (TPSA) is 78.9 Å². The summed E-state index contributed by atoms with van der Waals surface area (Å²) >= 11 is 9.23. The van der Waals surface area contributed by atoms with Gasteiger partial charge in [-0.3, -0.25) is 5.01 Å². The van der Waals surface area contributed by atoms with E-state index in [0.29, 0.717) is 20.7 Å². The summed E-state index contributed by atoms with van der Waals surface area (Å²) in [6.45, 7) is 5.60. The van der Waals surface area contributed by atoms with Crippen LogP contribution in [0.1, 0.15) is 32.4 Å². The summed E-state index contributed by atoms with van der Waals surface area (Å²) in [6, 6.07) is 3.26. The van der Waals surface area contributed by atoms with Crippen molar-refractivity contribution in [2.75, 3.05) is 12.3 Å². The molecule has 0 bridgehead atoms. The highest BCUT2D eigenvalue weighted by Gasteiger charge is 2.24. The molecule has 0 amide bonds. The van der Waals surface area contributed by atoms with Crippen molar-refractivity contribution in [3.8, 4) is 0 Å². The molecule has 1 rings (SSSR count). The molecule has 7 heteroatoms. The Hall–Kier alpha value is -0.850. The molecular weight excluding hydrogens is 334 g/mol. The molecular formula is C12H17BrClN3O2. The summed E-state index contributed by atoms with van der Waals surface area (Å²) in [6.07, 6.45) is -0.883. The van der Waals surface area contributed by atoms with Gasteiger partial charge in [0.05, 0.1) is 34.2 Å². The van der Waals surface area contributed by atoms with Crippen molar-refractivity contribution in [3.05, 3.63) is 32.1 Å². The fourth-order valence-electron chi connectivity index (χ4n) is 1.50. The van der Waals surface area contributed by atoms with Gasteiger partial charge >= 0.3 is 0 Å². The fourth-order valence-corrected chi connectivity index (χ4v) is 2.32. The highest BCUT2D eigenvalue weighted by Crippen LogP contribution is 2.32. The lowest BCUT2D eigenvalue weighted by Crippen LogP contribution is -2.39. The maximum Gasteiger partial charge on any atom is 0.0984 e. The number of nitrogens with two attached hydrogens (primary N) is 1. The fraction of sp³-hybridized carbons (Fsp3) is 0.500. The Balaban J connectivity index is 2.95. The molecule has 0 aliphatic rings. The Morgan fingerprint density at radius 3 is 2.53 bits per heavy atom. The summed E-state index contributed by atoms with van der Waals surface area (Å²) in [5, 5.41) is 14.7. The first-order valence-corrected chi connectivity index (χ1v) is 6.87. The van der Waals surface area contributed by atoms with Crippen LogP contribution >= 0.6 is 27.5 Å². The molecule has 5 nitrogen and oxygen atoms in total. The Bertz CT molecular complexity index is 454. The standard InChI is InChI=1S/C12H17BrClN3O2/c1-12(2,3)17(16-19)6-10(18)7-4-8(13)11(15)9(14)5-7/h4-5,10,18H,6,15H2,1-3H3/t10-/m0/s1. The predicted molar refractivity (Wildman–Crippen MR) is 80.8 cm³/mol. The van der Waals surface area contributed by atoms with Gasteiger partial charge < -0.3 is 10.8 Å². The van der Waals surface area contributed by atoms with Crippen molar-refractivity contribution in [3.63, 3.8) is 0 Å². The maximum atomic E-state index is 10.8. The van der Waals surface area contributed by atoms with Crippen LogP contribution in [0, 0.1) is 4.91 Å². The molecule has 106 valence electrons. The lowest BCUT2D eigenvalue weighted by Gasteiger charge is -2.31. The third-order valence-electron chi connectivity index (χ3n) is 2.70. The quantitative estimate of drug-likeness (QED) is 0.495. The largest absolute Gasteiger partial charge is 0.397 e. The first kappa shape index (κ1) is 16.2. The second-order valence-electron chi connectivity index (χ2n) is 5.25. The molecule has 1 aromatic carbocycles. The third-order valence-corrected chi connectivity index (χ3v) is 3.67. The minimum Gasteiger partial charge on any atom is -0.397 e. The monoisotopic (exact) mass is 349 g/mol. The van der Waals surface area contributed by atoms with Crippen LogP contribution < -0.4 is 5.73 Å². The minimum atomic E-state index is -0.883. The number of anilines is 1. The summed E-state index contributed by atoms with van der Waals surface area (Å²) in [7, 11) is 0. The van der Waals surface area contributed by atoms with E-state index in [2.05, 4.69) is 21.2 Å². The van der Waals surface area contributed by atoms with Gasteiger partial charge in [-0.2, -0.15) is 0 Å². The van der Waals surface area contributed by atoms with Crippen molar-refractivity contribution in [2.45, 2.75) is 32.4 Å². The van der Waals surface area contributed by atoms with Crippen LogP contribution in [-0.2, 0) is 0 Å². The molecule has 0 unspecified atom stereocenters. The van der Waals surface area contributed by atoms with E-state index in [9.17, 15) is 10.0 Å². The molecule has 1 aromatic rings. The Labute approximate surface area is 125 Å². The molecule has 0 radical (unpaired) electrons. The highest BCUT2D eigenvalue weighted by molar-refractivity contribution is 9.10. The van der Waals surface area contributed by atoms with Crippen molar-refractivity contribution >= 4 is 33.2 Å². The Morgan fingerprint density at radius 1 is 1.53 bits per heavy atom. The van der Waals surface area contributed by atoms with Crippen LogP contribution in [0.25, 0.3) is 0 Å². The molecule has 19 heavy (non-hydrogen) atoms. The zero-order valence-corrected chi connectivity index (χ0v) is 13.4. The number of aliphatic hydroxyl groups is 1. The van der Waals surface area contributed by atoms with Crippen LogP contribution in [0.4, 0.5) is 5.69 Å². The lowest BCUT2D eigenvalue weighted by atomic mass is 10.0. The zero-order valence-electron chi connectivity index (χ0n) is 11.0. The van der Waals surface area contributed by atoms with E-state index < -0.39 is 11.6 Å². The molecule has 0 spiro atoms. The van der Waals surface area contributed by atoms with Gasteiger partial charge in [0.1, 0.15) is 0 Å². The third kappa shape index (κ3) is 4.06. The molecule has 0 fully saturated rings. The highest BCUT2D eigenvalue weighted by atomic mass is 79.9. The van der Waals surface area contributed by atoms with Gasteiger partial charge in [0.15, 0.2) is 0 Å². The number of hydrogen-bond acceptors (Lipinski definition) is 4. The van der Waals surface area contributed by atoms with Gasteiger partial charge in [-0.05, 0) is 54.4 Å². The zero-order chi connectivity index (χ0) is 14.8. The molecule has 0 aromatic heterocycles. The second kappa shape index (κ2) is 6.07. The number of halogens is 2. The average molecular weight is 351 g/mol. The molecule has 0 saturated carbocycles. The van der Waals surface area contributed by atoms with E-state index in [1.54, 1.807) is 12.1 Å². The van der Waals surface area contributed by atoms with E-state index in [1.165, 1.54) is 5.01 Å². The number of β-amino-alcohol motifs (C(OH)–C–C–N with tert-alkyl or cyclic N) is 1. The van der Waals surface area contributed by atoms with Crippen molar-refractivity contribution < 1.29 is 5.11 Å². The molecule has 0 aliphatic carbocycles. The normalized spacial score (nSPS) is 13.2. The molecule has 0 saturated heterocycles. The summed E-state index contributed by atoms with van der Waals surface area (Å²) in [5.41, 5.74) is 6.24. The lowest BCUT2D eigenvalue weighted by molar-refractivity contribution is 0.0591. The molecule has 0 heterocycles. The second-order valence-corrected chi connectivity index (χ2v) is 6.51.